The molecule has 0 bridgehead atoms. The molecule has 0 unspecified atom stereocenters. The summed E-state index contributed by atoms with van der Waals surface area (Å²) in [6.45, 7) is 0. The lowest BCUT2D eigenvalue weighted by Gasteiger charge is -2.12. The van der Waals surface area contributed by atoms with Gasteiger partial charge in [0.2, 0.25) is 0 Å². The Hall–Kier alpha value is -1.85. The van der Waals surface area contributed by atoms with Crippen molar-refractivity contribution in [1.82, 2.24) is 0 Å². The zero-order valence-electron chi connectivity index (χ0n) is 10.1. The summed E-state index contributed by atoms with van der Waals surface area (Å²) in [5.41, 5.74) is 0.563. The third-order valence-electron chi connectivity index (χ3n) is 2.49. The van der Waals surface area contributed by atoms with Gasteiger partial charge in [-0.1, -0.05) is 6.07 Å². The van der Waals surface area contributed by atoms with Crippen molar-refractivity contribution in [2.75, 3.05) is 14.2 Å². The smallest absolute Gasteiger partial charge is 0.374 e. The van der Waals surface area contributed by atoms with Crippen LogP contribution in [0.2, 0.25) is 0 Å². The maximum absolute atomic E-state index is 12.9. The first kappa shape index (κ1) is 14.2. The van der Waals surface area contributed by atoms with E-state index in [0.29, 0.717) is 17.1 Å². The predicted molar refractivity (Wildman–Crippen MR) is 60.4 cm³/mol. The van der Waals surface area contributed by atoms with Crippen LogP contribution < -0.4 is 9.47 Å². The lowest BCUT2D eigenvalue weighted by Crippen LogP contribution is -2.28. The highest BCUT2D eigenvalue weighted by Gasteiger charge is 2.37. The minimum absolute atomic E-state index is 0.0559. The first-order valence-electron chi connectivity index (χ1n) is 5.23. The van der Waals surface area contributed by atoms with Crippen LogP contribution in [0.15, 0.2) is 18.2 Å². The Labute approximate surface area is 103 Å². The van der Waals surface area contributed by atoms with E-state index in [0.717, 1.165) is 0 Å². The van der Waals surface area contributed by atoms with Crippen LogP contribution in [-0.4, -0.2) is 31.2 Å². The van der Waals surface area contributed by atoms with Gasteiger partial charge in [-0.25, -0.2) is 4.79 Å². The molecule has 6 heteroatoms. The average molecular weight is 260 g/mol. The topological polar surface area (TPSA) is 55.8 Å². The van der Waals surface area contributed by atoms with Crippen LogP contribution in [0, 0.1) is 0 Å². The summed E-state index contributed by atoms with van der Waals surface area (Å²) in [5, 5.41) is 8.31. The number of rotatable bonds is 6. The van der Waals surface area contributed by atoms with Crippen molar-refractivity contribution in [3.05, 3.63) is 23.8 Å². The van der Waals surface area contributed by atoms with Crippen LogP contribution in [0.4, 0.5) is 8.78 Å². The van der Waals surface area contributed by atoms with E-state index >= 15 is 0 Å². The van der Waals surface area contributed by atoms with E-state index in [9.17, 15) is 13.6 Å². The molecule has 1 rings (SSSR count). The number of ether oxygens (including phenoxy) is 2. The van der Waals surface area contributed by atoms with Crippen molar-refractivity contribution in [3.63, 3.8) is 0 Å². The third-order valence-corrected chi connectivity index (χ3v) is 2.49. The minimum atomic E-state index is -3.72. The summed E-state index contributed by atoms with van der Waals surface area (Å²) in [4.78, 5) is 10.3. The second kappa shape index (κ2) is 5.66. The molecule has 0 amide bonds. The van der Waals surface area contributed by atoms with Crippen LogP contribution in [0.1, 0.15) is 12.0 Å². The molecule has 0 fully saturated rings. The Morgan fingerprint density at radius 1 is 1.28 bits per heavy atom. The number of hydrogen-bond donors (Lipinski definition) is 1. The second-order valence-electron chi connectivity index (χ2n) is 3.70. The maximum Gasteiger partial charge on any atom is 0.374 e. The number of hydrogen-bond acceptors (Lipinski definition) is 3. The molecule has 0 spiro atoms. The fourth-order valence-corrected chi connectivity index (χ4v) is 1.44. The van der Waals surface area contributed by atoms with E-state index in [4.69, 9.17) is 14.6 Å². The van der Waals surface area contributed by atoms with Gasteiger partial charge >= 0.3 is 11.9 Å². The van der Waals surface area contributed by atoms with Gasteiger partial charge in [-0.05, 0) is 24.1 Å². The van der Waals surface area contributed by atoms with Crippen molar-refractivity contribution in [3.8, 4) is 11.5 Å². The molecule has 0 aromatic heterocycles. The summed E-state index contributed by atoms with van der Waals surface area (Å²) >= 11 is 0. The first-order chi connectivity index (χ1) is 8.40. The Kier molecular flexibility index (Phi) is 4.47. The SMILES string of the molecule is COc1ccc(CCC(F)(F)C(=O)O)cc1OC. The molecule has 1 aromatic carbocycles. The molecule has 0 heterocycles. The van der Waals surface area contributed by atoms with Crippen molar-refractivity contribution in [2.45, 2.75) is 18.8 Å². The van der Waals surface area contributed by atoms with Crippen LogP contribution in [-0.2, 0) is 11.2 Å². The molecule has 0 radical (unpaired) electrons. The number of halogens is 2. The molecule has 18 heavy (non-hydrogen) atoms. The molecule has 0 saturated heterocycles. The summed E-state index contributed by atoms with van der Waals surface area (Å²) in [6.07, 6.45) is -0.808. The van der Waals surface area contributed by atoms with Crippen LogP contribution >= 0.6 is 0 Å². The number of methoxy groups -OCH3 is 2. The minimum Gasteiger partial charge on any atom is -0.493 e. The van der Waals surface area contributed by atoms with Gasteiger partial charge < -0.3 is 14.6 Å². The largest absolute Gasteiger partial charge is 0.493 e. The predicted octanol–water partition coefficient (Wildman–Crippen LogP) is 2.36. The summed E-state index contributed by atoms with van der Waals surface area (Å²) in [6, 6.07) is 4.74. The molecule has 0 atom stereocenters. The molecular formula is C12H14F2O4. The number of carbonyl (C=O) groups is 1. The lowest BCUT2D eigenvalue weighted by atomic mass is 10.1. The summed E-state index contributed by atoms with van der Waals surface area (Å²) in [7, 11) is 2.91. The molecule has 1 aromatic rings. The Morgan fingerprint density at radius 2 is 1.89 bits per heavy atom. The first-order valence-corrected chi connectivity index (χ1v) is 5.23. The van der Waals surface area contributed by atoms with Gasteiger partial charge in [-0.2, -0.15) is 8.78 Å². The Morgan fingerprint density at radius 3 is 2.39 bits per heavy atom. The van der Waals surface area contributed by atoms with Crippen molar-refractivity contribution in [2.24, 2.45) is 0 Å². The van der Waals surface area contributed by atoms with Gasteiger partial charge in [0.15, 0.2) is 11.5 Å². The van der Waals surface area contributed by atoms with Gasteiger partial charge in [0.05, 0.1) is 14.2 Å². The summed E-state index contributed by atoms with van der Waals surface area (Å²) in [5.74, 6) is -4.91. The van der Waals surface area contributed by atoms with Crippen LogP contribution in [0.5, 0.6) is 11.5 Å². The highest BCUT2D eigenvalue weighted by Crippen LogP contribution is 2.29. The van der Waals surface area contributed by atoms with E-state index in [-0.39, 0.29) is 6.42 Å². The normalized spacial score (nSPS) is 11.1. The Bertz CT molecular complexity index is 432. The Balaban J connectivity index is 2.77. The number of aliphatic carboxylic acids is 1. The molecular weight excluding hydrogens is 246 g/mol. The number of benzene rings is 1. The molecule has 0 saturated carbocycles. The fraction of sp³-hybridized carbons (Fsp3) is 0.417. The second-order valence-corrected chi connectivity index (χ2v) is 3.70. The molecule has 100 valence electrons. The van der Waals surface area contributed by atoms with Gasteiger partial charge in [-0.3, -0.25) is 0 Å². The number of aryl methyl sites for hydroxylation is 1. The van der Waals surface area contributed by atoms with E-state index in [1.807, 2.05) is 0 Å². The monoisotopic (exact) mass is 260 g/mol. The molecule has 0 aliphatic heterocycles. The summed E-state index contributed by atoms with van der Waals surface area (Å²) < 4.78 is 35.8. The van der Waals surface area contributed by atoms with E-state index in [2.05, 4.69) is 0 Å². The quantitative estimate of drug-likeness (QED) is 0.853. The maximum atomic E-state index is 12.9. The van der Waals surface area contributed by atoms with Gasteiger partial charge in [-0.15, -0.1) is 0 Å². The zero-order chi connectivity index (χ0) is 13.8. The third kappa shape index (κ3) is 3.32. The van der Waals surface area contributed by atoms with Gasteiger partial charge in [0, 0.05) is 6.42 Å². The molecule has 0 aliphatic rings. The number of carboxylic acids is 1. The van der Waals surface area contributed by atoms with E-state index < -0.39 is 18.3 Å². The van der Waals surface area contributed by atoms with Crippen molar-refractivity contribution >= 4 is 5.97 Å². The van der Waals surface area contributed by atoms with Crippen LogP contribution in [0.25, 0.3) is 0 Å². The highest BCUT2D eigenvalue weighted by atomic mass is 19.3. The fourth-order valence-electron chi connectivity index (χ4n) is 1.44. The number of alkyl halides is 2. The van der Waals surface area contributed by atoms with Gasteiger partial charge in [0.25, 0.3) is 0 Å². The zero-order valence-corrected chi connectivity index (χ0v) is 10.1. The molecule has 1 N–H and O–H groups in total. The van der Waals surface area contributed by atoms with Crippen molar-refractivity contribution in [1.29, 1.82) is 0 Å². The lowest BCUT2D eigenvalue weighted by molar-refractivity contribution is -0.165. The van der Waals surface area contributed by atoms with Crippen molar-refractivity contribution < 1.29 is 28.2 Å². The highest BCUT2D eigenvalue weighted by molar-refractivity contribution is 5.75. The molecule has 0 aliphatic carbocycles. The van der Waals surface area contributed by atoms with Crippen LogP contribution in [0.3, 0.4) is 0 Å². The number of carboxylic acid groups (broad SMARTS) is 1. The standard InChI is InChI=1S/C12H14F2O4/c1-17-9-4-3-8(7-10(9)18-2)5-6-12(13,14)11(15)16/h3-4,7H,5-6H2,1-2H3,(H,15,16). The van der Waals surface area contributed by atoms with Gasteiger partial charge in [0.1, 0.15) is 0 Å². The van der Waals surface area contributed by atoms with E-state index in [1.165, 1.54) is 14.2 Å². The molecule has 4 nitrogen and oxygen atoms in total. The van der Waals surface area contributed by atoms with E-state index in [1.54, 1.807) is 18.2 Å². The average Bonchev–Trinajstić information content (AvgIpc) is 2.35.